The zero-order valence-electron chi connectivity index (χ0n) is 20.4. The van der Waals surface area contributed by atoms with Crippen LogP contribution in [0.25, 0.3) is 10.9 Å². The molecule has 0 saturated heterocycles. The maximum Gasteiger partial charge on any atom is 0.224 e. The summed E-state index contributed by atoms with van der Waals surface area (Å²) in [5.74, 6) is 1.25. The molecular weight excluding hydrogens is 420 g/mol. The maximum atomic E-state index is 13.0. The van der Waals surface area contributed by atoms with Gasteiger partial charge in [-0.3, -0.25) is 4.79 Å². The second-order valence-corrected chi connectivity index (χ2v) is 9.55. The first-order valence-electron chi connectivity index (χ1n) is 12.0. The van der Waals surface area contributed by atoms with E-state index in [2.05, 4.69) is 73.1 Å². The Morgan fingerprint density at radius 2 is 1.85 bits per heavy atom. The molecular formula is C30H32N2O2. The summed E-state index contributed by atoms with van der Waals surface area (Å²) < 4.78 is 7.72. The van der Waals surface area contributed by atoms with Crippen LogP contribution in [0.2, 0.25) is 0 Å². The van der Waals surface area contributed by atoms with Crippen molar-refractivity contribution >= 4 is 16.8 Å². The lowest BCUT2D eigenvalue weighted by atomic mass is 10.0. The molecule has 1 fully saturated rings. The van der Waals surface area contributed by atoms with Crippen molar-refractivity contribution in [3.8, 4) is 5.75 Å². The quantitative estimate of drug-likeness (QED) is 0.371. The molecule has 5 rings (SSSR count). The minimum absolute atomic E-state index is 0.0317. The number of aromatic nitrogens is 1. The second kappa shape index (κ2) is 9.02. The lowest BCUT2D eigenvalue weighted by molar-refractivity contribution is -0.122. The van der Waals surface area contributed by atoms with Crippen molar-refractivity contribution in [1.29, 1.82) is 0 Å². The summed E-state index contributed by atoms with van der Waals surface area (Å²) in [6.07, 6.45) is 0.905. The number of benzene rings is 3. The van der Waals surface area contributed by atoms with Gasteiger partial charge in [-0.05, 0) is 73.6 Å². The number of hydrogen-bond acceptors (Lipinski definition) is 2. The molecule has 0 radical (unpaired) electrons. The average Bonchev–Trinajstić information content (AvgIpc) is 3.59. The monoisotopic (exact) mass is 452 g/mol. The number of hydrogen-bond donors (Lipinski definition) is 1. The SMILES string of the molecule is COc1cccc(CNC(=O)[C@H]2C[C@@H]2c2c(C)n(Cc3cc(C)ccc3C)c3ccccc23)c1. The number of fused-ring (bicyclic) bond motifs is 1. The molecule has 0 unspecified atom stereocenters. The number of ether oxygens (including phenoxy) is 1. The minimum atomic E-state index is 0.0317. The van der Waals surface area contributed by atoms with Crippen LogP contribution in [0, 0.1) is 26.7 Å². The van der Waals surface area contributed by atoms with Gasteiger partial charge in [-0.25, -0.2) is 0 Å². The van der Waals surface area contributed by atoms with E-state index in [9.17, 15) is 4.79 Å². The zero-order valence-corrected chi connectivity index (χ0v) is 20.4. The molecule has 1 aromatic heterocycles. The standard InChI is InChI=1S/C30H32N2O2/c1-19-12-13-20(2)23(14-19)18-32-21(3)29(25-10-5-6-11-28(25)32)26-16-27(26)30(33)31-17-22-8-7-9-24(15-22)34-4/h5-15,26-27H,16-18H2,1-4H3,(H,31,33)/t26-,27-/m0/s1. The van der Waals surface area contributed by atoms with Crippen molar-refractivity contribution < 1.29 is 9.53 Å². The normalized spacial score (nSPS) is 17.1. The first-order valence-corrected chi connectivity index (χ1v) is 12.0. The van der Waals surface area contributed by atoms with Gasteiger partial charge in [0.25, 0.3) is 0 Å². The van der Waals surface area contributed by atoms with Gasteiger partial charge in [0.05, 0.1) is 7.11 Å². The number of nitrogens with zero attached hydrogens (tertiary/aromatic N) is 1. The van der Waals surface area contributed by atoms with Crippen molar-refractivity contribution in [3.63, 3.8) is 0 Å². The van der Waals surface area contributed by atoms with Crippen LogP contribution < -0.4 is 10.1 Å². The molecule has 1 heterocycles. The third-order valence-electron chi connectivity index (χ3n) is 7.21. The Morgan fingerprint density at radius 1 is 1.03 bits per heavy atom. The third-order valence-corrected chi connectivity index (χ3v) is 7.21. The van der Waals surface area contributed by atoms with E-state index in [1.165, 1.54) is 38.9 Å². The van der Waals surface area contributed by atoms with Crippen LogP contribution in [0.1, 0.15) is 45.8 Å². The predicted octanol–water partition coefficient (Wildman–Crippen LogP) is 6.04. The number of rotatable bonds is 7. The van der Waals surface area contributed by atoms with E-state index in [1.54, 1.807) is 7.11 Å². The smallest absolute Gasteiger partial charge is 0.224 e. The highest BCUT2D eigenvalue weighted by Crippen LogP contribution is 2.51. The second-order valence-electron chi connectivity index (χ2n) is 9.55. The van der Waals surface area contributed by atoms with Gasteiger partial charge in [0, 0.05) is 35.6 Å². The molecule has 1 aliphatic carbocycles. The highest BCUT2D eigenvalue weighted by atomic mass is 16.5. The van der Waals surface area contributed by atoms with Crippen LogP contribution in [0.15, 0.2) is 66.7 Å². The Balaban J connectivity index is 1.38. The van der Waals surface area contributed by atoms with Crippen molar-refractivity contribution in [2.24, 2.45) is 5.92 Å². The molecule has 3 aromatic carbocycles. The zero-order chi connectivity index (χ0) is 23.8. The van der Waals surface area contributed by atoms with Gasteiger partial charge in [0.1, 0.15) is 5.75 Å². The van der Waals surface area contributed by atoms with E-state index in [1.807, 2.05) is 24.3 Å². The van der Waals surface area contributed by atoms with E-state index in [0.29, 0.717) is 6.54 Å². The van der Waals surface area contributed by atoms with E-state index < -0.39 is 0 Å². The van der Waals surface area contributed by atoms with Gasteiger partial charge in [0.2, 0.25) is 5.91 Å². The highest BCUT2D eigenvalue weighted by Gasteiger charge is 2.46. The summed E-state index contributed by atoms with van der Waals surface area (Å²) in [4.78, 5) is 13.0. The highest BCUT2D eigenvalue weighted by molar-refractivity contribution is 5.90. The molecule has 2 atom stereocenters. The topological polar surface area (TPSA) is 43.3 Å². The largest absolute Gasteiger partial charge is 0.497 e. The van der Waals surface area contributed by atoms with E-state index in [0.717, 1.165) is 24.3 Å². The number of carbonyl (C=O) groups excluding carboxylic acids is 1. The molecule has 4 nitrogen and oxygen atoms in total. The van der Waals surface area contributed by atoms with Crippen LogP contribution in [0.4, 0.5) is 0 Å². The molecule has 0 bridgehead atoms. The van der Waals surface area contributed by atoms with Crippen LogP contribution in [-0.4, -0.2) is 17.6 Å². The molecule has 0 spiro atoms. The number of carbonyl (C=O) groups is 1. The lowest BCUT2D eigenvalue weighted by Gasteiger charge is -2.12. The fraction of sp³-hybridized carbons (Fsp3) is 0.300. The Kier molecular flexibility index (Phi) is 5.91. The molecule has 0 aliphatic heterocycles. The number of methoxy groups -OCH3 is 1. The van der Waals surface area contributed by atoms with Gasteiger partial charge in [-0.2, -0.15) is 0 Å². The molecule has 4 heteroatoms. The minimum Gasteiger partial charge on any atom is -0.497 e. The first-order chi connectivity index (χ1) is 16.5. The Labute approximate surface area is 201 Å². The van der Waals surface area contributed by atoms with Crippen LogP contribution in [0.5, 0.6) is 5.75 Å². The van der Waals surface area contributed by atoms with Crippen LogP contribution in [-0.2, 0) is 17.9 Å². The fourth-order valence-corrected chi connectivity index (χ4v) is 5.18. The lowest BCUT2D eigenvalue weighted by Crippen LogP contribution is -2.24. The fourth-order valence-electron chi connectivity index (χ4n) is 5.18. The van der Waals surface area contributed by atoms with Gasteiger partial charge in [0.15, 0.2) is 0 Å². The molecule has 4 aromatic rings. The van der Waals surface area contributed by atoms with Crippen molar-refractivity contribution in [2.45, 2.75) is 46.2 Å². The number of para-hydroxylation sites is 1. The number of amides is 1. The third kappa shape index (κ3) is 4.21. The van der Waals surface area contributed by atoms with Gasteiger partial charge in [-0.15, -0.1) is 0 Å². The molecule has 1 amide bonds. The summed E-state index contributed by atoms with van der Waals surface area (Å²) in [7, 11) is 1.66. The van der Waals surface area contributed by atoms with Crippen molar-refractivity contribution in [3.05, 3.63) is 100 Å². The average molecular weight is 453 g/mol. The Bertz CT molecular complexity index is 1370. The van der Waals surface area contributed by atoms with Crippen molar-refractivity contribution in [2.75, 3.05) is 7.11 Å². The van der Waals surface area contributed by atoms with Crippen molar-refractivity contribution in [1.82, 2.24) is 9.88 Å². The van der Waals surface area contributed by atoms with Gasteiger partial charge < -0.3 is 14.6 Å². The van der Waals surface area contributed by atoms with Crippen LogP contribution in [0.3, 0.4) is 0 Å². The molecule has 34 heavy (non-hydrogen) atoms. The summed E-state index contributed by atoms with van der Waals surface area (Å²) in [6, 6.07) is 23.1. The summed E-state index contributed by atoms with van der Waals surface area (Å²) in [5.41, 5.74) is 8.84. The Hall–Kier alpha value is -3.53. The summed E-state index contributed by atoms with van der Waals surface area (Å²) in [5, 5.41) is 4.41. The van der Waals surface area contributed by atoms with E-state index >= 15 is 0 Å². The summed E-state index contributed by atoms with van der Waals surface area (Å²) >= 11 is 0. The number of nitrogens with one attached hydrogen (secondary N) is 1. The molecule has 174 valence electrons. The van der Waals surface area contributed by atoms with Crippen LogP contribution >= 0.6 is 0 Å². The van der Waals surface area contributed by atoms with E-state index in [-0.39, 0.29) is 17.7 Å². The van der Waals surface area contributed by atoms with Gasteiger partial charge in [-0.1, -0.05) is 54.1 Å². The Morgan fingerprint density at radius 3 is 2.68 bits per heavy atom. The van der Waals surface area contributed by atoms with Gasteiger partial charge >= 0.3 is 0 Å². The number of aryl methyl sites for hydroxylation is 2. The molecule has 1 N–H and O–H groups in total. The predicted molar refractivity (Wildman–Crippen MR) is 137 cm³/mol. The van der Waals surface area contributed by atoms with E-state index in [4.69, 9.17) is 4.74 Å². The summed E-state index contributed by atoms with van der Waals surface area (Å²) in [6.45, 7) is 7.91. The molecule has 1 saturated carbocycles. The molecule has 1 aliphatic rings. The first kappa shape index (κ1) is 22.3. The maximum absolute atomic E-state index is 13.0.